The molecule has 1 unspecified atom stereocenters. The number of aromatic nitrogens is 2. The van der Waals surface area contributed by atoms with Crippen LogP contribution in [-0.4, -0.2) is 22.4 Å². The molecule has 1 atom stereocenters. The first-order chi connectivity index (χ1) is 9.22. The Kier molecular flexibility index (Phi) is 4.46. The number of thiazole rings is 1. The highest BCUT2D eigenvalue weighted by atomic mass is 32.1. The number of hydrogen-bond acceptors (Lipinski definition) is 5. The summed E-state index contributed by atoms with van der Waals surface area (Å²) in [6.07, 6.45) is 5.01. The molecule has 0 aliphatic carbocycles. The van der Waals surface area contributed by atoms with Crippen molar-refractivity contribution < 1.29 is 4.79 Å². The first kappa shape index (κ1) is 13.5. The van der Waals surface area contributed by atoms with Crippen molar-refractivity contribution in [1.29, 1.82) is 0 Å². The molecule has 0 aliphatic rings. The van der Waals surface area contributed by atoms with Crippen LogP contribution in [0, 0.1) is 0 Å². The number of nitrogens with one attached hydrogen (secondary N) is 2. The van der Waals surface area contributed by atoms with Gasteiger partial charge in [0.1, 0.15) is 5.01 Å². The molecule has 2 heterocycles. The van der Waals surface area contributed by atoms with Gasteiger partial charge in [0.05, 0.1) is 23.5 Å². The minimum absolute atomic E-state index is 0.102. The molecule has 5 nitrogen and oxygen atoms in total. The third-order valence-electron chi connectivity index (χ3n) is 2.60. The second kappa shape index (κ2) is 6.29. The van der Waals surface area contributed by atoms with Gasteiger partial charge in [-0.05, 0) is 19.9 Å². The number of rotatable bonds is 5. The Morgan fingerprint density at radius 1 is 1.47 bits per heavy atom. The molecule has 0 aliphatic heterocycles. The quantitative estimate of drug-likeness (QED) is 0.880. The molecule has 0 radical (unpaired) electrons. The van der Waals surface area contributed by atoms with Gasteiger partial charge in [-0.2, -0.15) is 0 Å². The molecule has 0 saturated carbocycles. The summed E-state index contributed by atoms with van der Waals surface area (Å²) < 4.78 is 0. The molecule has 1 amide bonds. The van der Waals surface area contributed by atoms with Crippen LogP contribution in [0.2, 0.25) is 0 Å². The molecule has 2 rings (SSSR count). The number of carbonyl (C=O) groups is 1. The Labute approximate surface area is 116 Å². The molecule has 19 heavy (non-hydrogen) atoms. The fourth-order valence-corrected chi connectivity index (χ4v) is 2.35. The first-order valence-electron chi connectivity index (χ1n) is 6.10. The lowest BCUT2D eigenvalue weighted by atomic mass is 10.2. The van der Waals surface area contributed by atoms with Crippen LogP contribution in [0.4, 0.5) is 5.69 Å². The zero-order valence-corrected chi connectivity index (χ0v) is 11.7. The van der Waals surface area contributed by atoms with E-state index in [9.17, 15) is 4.79 Å². The Hall–Kier alpha value is -1.95. The van der Waals surface area contributed by atoms with E-state index in [0.717, 1.165) is 17.2 Å². The molecule has 0 bridgehead atoms. The average molecular weight is 276 g/mol. The van der Waals surface area contributed by atoms with Crippen molar-refractivity contribution in [3.05, 3.63) is 40.6 Å². The van der Waals surface area contributed by atoms with Crippen LogP contribution < -0.4 is 10.6 Å². The molecular weight excluding hydrogens is 260 g/mol. The smallest absolute Gasteiger partial charge is 0.254 e. The maximum absolute atomic E-state index is 12.2. The molecule has 2 aromatic rings. The summed E-state index contributed by atoms with van der Waals surface area (Å²) in [4.78, 5) is 20.5. The Bertz CT molecular complexity index is 541. The van der Waals surface area contributed by atoms with Crippen LogP contribution in [0.15, 0.2) is 30.0 Å². The van der Waals surface area contributed by atoms with E-state index < -0.39 is 0 Å². The van der Waals surface area contributed by atoms with Gasteiger partial charge in [-0.3, -0.25) is 9.78 Å². The molecule has 2 aromatic heterocycles. The van der Waals surface area contributed by atoms with Crippen molar-refractivity contribution in [3.8, 4) is 0 Å². The van der Waals surface area contributed by atoms with Gasteiger partial charge >= 0.3 is 0 Å². The van der Waals surface area contributed by atoms with Gasteiger partial charge in [0.2, 0.25) is 0 Å². The van der Waals surface area contributed by atoms with Crippen LogP contribution in [0.1, 0.15) is 35.3 Å². The van der Waals surface area contributed by atoms with Crippen molar-refractivity contribution >= 4 is 22.9 Å². The highest BCUT2D eigenvalue weighted by Crippen LogP contribution is 2.18. The minimum atomic E-state index is -0.124. The fourth-order valence-electron chi connectivity index (χ4n) is 1.71. The summed E-state index contributed by atoms with van der Waals surface area (Å²) in [5.74, 6) is -0.124. The number of anilines is 1. The largest absolute Gasteiger partial charge is 0.383 e. The van der Waals surface area contributed by atoms with Crippen molar-refractivity contribution in [1.82, 2.24) is 15.3 Å². The van der Waals surface area contributed by atoms with E-state index in [2.05, 4.69) is 20.6 Å². The predicted molar refractivity (Wildman–Crippen MR) is 76.4 cm³/mol. The Balaban J connectivity index is 2.11. The van der Waals surface area contributed by atoms with E-state index in [0.29, 0.717) is 5.56 Å². The molecule has 0 fully saturated rings. The molecule has 100 valence electrons. The molecular formula is C13H16N4OS. The van der Waals surface area contributed by atoms with Gasteiger partial charge in [-0.1, -0.05) is 0 Å². The van der Waals surface area contributed by atoms with Crippen LogP contribution in [0.3, 0.4) is 0 Å². The molecule has 0 spiro atoms. The number of carbonyl (C=O) groups excluding carboxylic acids is 1. The van der Waals surface area contributed by atoms with Gasteiger partial charge in [0, 0.05) is 24.3 Å². The van der Waals surface area contributed by atoms with Crippen LogP contribution in [-0.2, 0) is 0 Å². The van der Waals surface area contributed by atoms with Crippen molar-refractivity contribution in [2.75, 3.05) is 11.9 Å². The second-order valence-electron chi connectivity index (χ2n) is 4.02. The summed E-state index contributed by atoms with van der Waals surface area (Å²) in [6.45, 7) is 4.64. The summed E-state index contributed by atoms with van der Waals surface area (Å²) in [5.41, 5.74) is 1.34. The number of amides is 1. The van der Waals surface area contributed by atoms with E-state index >= 15 is 0 Å². The standard InChI is InChI=1S/C13H16N4OS/c1-3-15-11-8-14-5-4-10(11)12(18)17-9(2)13-16-6-7-19-13/h4-9,15H,3H2,1-2H3,(H,17,18). The lowest BCUT2D eigenvalue weighted by Crippen LogP contribution is -2.27. The van der Waals surface area contributed by atoms with Crippen molar-refractivity contribution in [2.24, 2.45) is 0 Å². The number of hydrogen-bond donors (Lipinski definition) is 2. The van der Waals surface area contributed by atoms with Gasteiger partial charge in [0.15, 0.2) is 0 Å². The van der Waals surface area contributed by atoms with Gasteiger partial charge in [0.25, 0.3) is 5.91 Å². The predicted octanol–water partition coefficient (Wildman–Crippen LogP) is 2.46. The zero-order chi connectivity index (χ0) is 13.7. The highest BCUT2D eigenvalue weighted by Gasteiger charge is 2.15. The second-order valence-corrected chi connectivity index (χ2v) is 4.94. The average Bonchev–Trinajstić information content (AvgIpc) is 2.93. The van der Waals surface area contributed by atoms with E-state index in [1.165, 1.54) is 11.3 Å². The minimum Gasteiger partial charge on any atom is -0.383 e. The Morgan fingerprint density at radius 2 is 2.32 bits per heavy atom. The van der Waals surface area contributed by atoms with Gasteiger partial charge in [-0.25, -0.2) is 4.98 Å². The third-order valence-corrected chi connectivity index (χ3v) is 3.56. The first-order valence-corrected chi connectivity index (χ1v) is 6.98. The highest BCUT2D eigenvalue weighted by molar-refractivity contribution is 7.09. The molecule has 2 N–H and O–H groups in total. The maximum atomic E-state index is 12.2. The summed E-state index contributed by atoms with van der Waals surface area (Å²) >= 11 is 1.53. The topological polar surface area (TPSA) is 66.9 Å². The normalized spacial score (nSPS) is 11.9. The van der Waals surface area contributed by atoms with E-state index in [-0.39, 0.29) is 11.9 Å². The summed E-state index contributed by atoms with van der Waals surface area (Å²) in [6, 6.07) is 1.61. The Morgan fingerprint density at radius 3 is 3.00 bits per heavy atom. The van der Waals surface area contributed by atoms with Crippen LogP contribution in [0.25, 0.3) is 0 Å². The third kappa shape index (κ3) is 3.29. The van der Waals surface area contributed by atoms with Gasteiger partial charge in [-0.15, -0.1) is 11.3 Å². The molecule has 0 aromatic carbocycles. The molecule has 6 heteroatoms. The van der Waals surface area contributed by atoms with E-state index in [1.807, 2.05) is 19.2 Å². The number of nitrogens with zero attached hydrogens (tertiary/aromatic N) is 2. The summed E-state index contributed by atoms with van der Waals surface area (Å²) in [5, 5.41) is 8.86. The number of pyridine rings is 1. The zero-order valence-electron chi connectivity index (χ0n) is 10.9. The lowest BCUT2D eigenvalue weighted by Gasteiger charge is -2.14. The van der Waals surface area contributed by atoms with Crippen LogP contribution in [0.5, 0.6) is 0 Å². The maximum Gasteiger partial charge on any atom is 0.254 e. The fraction of sp³-hybridized carbons (Fsp3) is 0.308. The molecule has 0 saturated heterocycles. The lowest BCUT2D eigenvalue weighted by molar-refractivity contribution is 0.0940. The van der Waals surface area contributed by atoms with E-state index in [1.54, 1.807) is 24.7 Å². The van der Waals surface area contributed by atoms with Crippen molar-refractivity contribution in [2.45, 2.75) is 19.9 Å². The summed E-state index contributed by atoms with van der Waals surface area (Å²) in [7, 11) is 0. The monoisotopic (exact) mass is 276 g/mol. The van der Waals surface area contributed by atoms with Crippen LogP contribution >= 0.6 is 11.3 Å². The van der Waals surface area contributed by atoms with Crippen molar-refractivity contribution in [3.63, 3.8) is 0 Å². The SMILES string of the molecule is CCNc1cnccc1C(=O)NC(C)c1nccs1. The van der Waals surface area contributed by atoms with Gasteiger partial charge < -0.3 is 10.6 Å². The van der Waals surface area contributed by atoms with E-state index in [4.69, 9.17) is 0 Å².